The van der Waals surface area contributed by atoms with Crippen molar-refractivity contribution in [3.05, 3.63) is 0 Å². The lowest BCUT2D eigenvalue weighted by Gasteiger charge is -2.21. The molecule has 0 bridgehead atoms. The van der Waals surface area contributed by atoms with Crippen LogP contribution in [0, 0.1) is 5.92 Å². The molecule has 1 fully saturated rings. The molecule has 0 aromatic heterocycles. The maximum atomic E-state index is 11.2. The van der Waals surface area contributed by atoms with E-state index < -0.39 is 0 Å². The number of hydrogen-bond donors (Lipinski definition) is 0. The third kappa shape index (κ3) is 3.64. The lowest BCUT2D eigenvalue weighted by atomic mass is 10.1. The molecule has 1 atom stereocenters. The molecular formula is C10H19NO3. The number of nitrogens with zero attached hydrogens (tertiary/aromatic N) is 1. The van der Waals surface area contributed by atoms with Crippen LogP contribution in [0.2, 0.25) is 0 Å². The van der Waals surface area contributed by atoms with Gasteiger partial charge in [0.05, 0.1) is 19.6 Å². The van der Waals surface area contributed by atoms with Gasteiger partial charge in [0.15, 0.2) is 0 Å². The molecule has 0 spiro atoms. The van der Waals surface area contributed by atoms with Gasteiger partial charge in [-0.15, -0.1) is 0 Å². The summed E-state index contributed by atoms with van der Waals surface area (Å²) in [5.41, 5.74) is 0. The van der Waals surface area contributed by atoms with Crippen molar-refractivity contribution in [1.82, 2.24) is 4.90 Å². The average Bonchev–Trinajstić information content (AvgIpc) is 2.45. The molecule has 0 aromatic rings. The Bertz CT molecular complexity index is 176. The van der Waals surface area contributed by atoms with Crippen molar-refractivity contribution in [2.45, 2.75) is 13.3 Å². The minimum absolute atomic E-state index is 0.0434. The predicted octanol–water partition coefficient (Wildman–Crippen LogP) is 0.518. The second-order valence-corrected chi connectivity index (χ2v) is 3.69. The van der Waals surface area contributed by atoms with Gasteiger partial charge < -0.3 is 14.4 Å². The number of carbonyl (C=O) groups is 1. The van der Waals surface area contributed by atoms with E-state index in [2.05, 4.69) is 9.64 Å². The van der Waals surface area contributed by atoms with Crippen molar-refractivity contribution in [3.8, 4) is 0 Å². The molecule has 4 heteroatoms. The second kappa shape index (κ2) is 5.98. The van der Waals surface area contributed by atoms with Crippen LogP contribution in [-0.4, -0.2) is 50.8 Å². The van der Waals surface area contributed by atoms with Crippen LogP contribution >= 0.6 is 0 Å². The lowest BCUT2D eigenvalue weighted by molar-refractivity contribution is -0.145. The smallest absolute Gasteiger partial charge is 0.309 e. The summed E-state index contributed by atoms with van der Waals surface area (Å²) in [5.74, 6) is -0.173. The molecule has 0 aliphatic carbocycles. The first-order valence-electron chi connectivity index (χ1n) is 5.12. The van der Waals surface area contributed by atoms with Gasteiger partial charge in [-0.05, 0) is 6.42 Å². The highest BCUT2D eigenvalue weighted by Gasteiger charge is 2.18. The van der Waals surface area contributed by atoms with Gasteiger partial charge in [0.25, 0.3) is 0 Å². The largest absolute Gasteiger partial charge is 0.469 e. The van der Waals surface area contributed by atoms with E-state index in [0.717, 1.165) is 39.3 Å². The van der Waals surface area contributed by atoms with Crippen molar-refractivity contribution < 1.29 is 14.3 Å². The van der Waals surface area contributed by atoms with Gasteiger partial charge >= 0.3 is 5.97 Å². The van der Waals surface area contributed by atoms with Gasteiger partial charge in [0.2, 0.25) is 0 Å². The molecular weight excluding hydrogens is 182 g/mol. The molecule has 1 rings (SSSR count). The van der Waals surface area contributed by atoms with Crippen LogP contribution in [0.5, 0.6) is 0 Å². The van der Waals surface area contributed by atoms with E-state index in [9.17, 15) is 4.79 Å². The molecule has 0 aromatic carbocycles. The van der Waals surface area contributed by atoms with E-state index in [1.807, 2.05) is 6.92 Å². The molecule has 0 radical (unpaired) electrons. The van der Waals surface area contributed by atoms with Gasteiger partial charge in [0.1, 0.15) is 0 Å². The summed E-state index contributed by atoms with van der Waals surface area (Å²) in [6, 6.07) is 0. The minimum atomic E-state index is -0.129. The zero-order valence-corrected chi connectivity index (χ0v) is 8.99. The first-order chi connectivity index (χ1) is 6.74. The molecule has 1 heterocycles. The Kier molecular flexibility index (Phi) is 4.90. The van der Waals surface area contributed by atoms with Crippen molar-refractivity contribution in [2.75, 3.05) is 40.0 Å². The molecule has 1 unspecified atom stereocenters. The van der Waals surface area contributed by atoms with Crippen molar-refractivity contribution >= 4 is 5.97 Å². The summed E-state index contributed by atoms with van der Waals surface area (Å²) < 4.78 is 10.0. The Morgan fingerprint density at radius 3 is 3.00 bits per heavy atom. The number of esters is 1. The Morgan fingerprint density at radius 2 is 2.29 bits per heavy atom. The van der Waals surface area contributed by atoms with Gasteiger partial charge in [-0.2, -0.15) is 0 Å². The summed E-state index contributed by atoms with van der Waals surface area (Å²) in [6.45, 7) is 6.22. The second-order valence-electron chi connectivity index (χ2n) is 3.69. The van der Waals surface area contributed by atoms with Gasteiger partial charge in [-0.1, -0.05) is 6.92 Å². The summed E-state index contributed by atoms with van der Waals surface area (Å²) in [7, 11) is 1.43. The highest BCUT2D eigenvalue weighted by molar-refractivity contribution is 5.72. The SMILES string of the molecule is COC(=O)C(C)CN1CCCOCC1. The van der Waals surface area contributed by atoms with Crippen LogP contribution in [-0.2, 0) is 14.3 Å². The number of methoxy groups -OCH3 is 1. The predicted molar refractivity (Wildman–Crippen MR) is 53.1 cm³/mol. The van der Waals surface area contributed by atoms with E-state index in [0.29, 0.717) is 0 Å². The summed E-state index contributed by atoms with van der Waals surface area (Å²) in [5, 5.41) is 0. The molecule has 0 saturated carbocycles. The monoisotopic (exact) mass is 201 g/mol. The van der Waals surface area contributed by atoms with Crippen molar-refractivity contribution in [2.24, 2.45) is 5.92 Å². The van der Waals surface area contributed by atoms with Crippen LogP contribution in [0.4, 0.5) is 0 Å². The molecule has 1 aliphatic rings. The number of hydrogen-bond acceptors (Lipinski definition) is 4. The summed E-state index contributed by atoms with van der Waals surface area (Å²) in [4.78, 5) is 13.4. The van der Waals surface area contributed by atoms with Crippen molar-refractivity contribution in [1.29, 1.82) is 0 Å². The first-order valence-corrected chi connectivity index (χ1v) is 5.12. The van der Waals surface area contributed by atoms with Gasteiger partial charge in [0, 0.05) is 26.2 Å². The maximum absolute atomic E-state index is 11.2. The van der Waals surface area contributed by atoms with E-state index in [1.54, 1.807) is 0 Å². The zero-order valence-electron chi connectivity index (χ0n) is 8.99. The topological polar surface area (TPSA) is 38.8 Å². The van der Waals surface area contributed by atoms with E-state index >= 15 is 0 Å². The standard InChI is InChI=1S/C10H19NO3/c1-9(10(12)13-2)8-11-4-3-6-14-7-5-11/h9H,3-8H2,1-2H3. The molecule has 1 aliphatic heterocycles. The van der Waals surface area contributed by atoms with Crippen LogP contribution in [0.1, 0.15) is 13.3 Å². The first kappa shape index (κ1) is 11.5. The van der Waals surface area contributed by atoms with Crippen LogP contribution in [0.25, 0.3) is 0 Å². The summed E-state index contributed by atoms with van der Waals surface area (Å²) in [6.07, 6.45) is 1.05. The molecule has 4 nitrogen and oxygen atoms in total. The average molecular weight is 201 g/mol. The van der Waals surface area contributed by atoms with Crippen LogP contribution in [0.15, 0.2) is 0 Å². The summed E-state index contributed by atoms with van der Waals surface area (Å²) >= 11 is 0. The third-order valence-corrected chi connectivity index (χ3v) is 2.45. The molecule has 0 N–H and O–H groups in total. The fraction of sp³-hybridized carbons (Fsp3) is 0.900. The van der Waals surface area contributed by atoms with E-state index in [1.165, 1.54) is 7.11 Å². The fourth-order valence-electron chi connectivity index (χ4n) is 1.64. The van der Waals surface area contributed by atoms with Crippen LogP contribution < -0.4 is 0 Å². The van der Waals surface area contributed by atoms with Crippen LogP contribution in [0.3, 0.4) is 0 Å². The molecule has 0 amide bonds. The molecule has 82 valence electrons. The quantitative estimate of drug-likeness (QED) is 0.624. The Balaban J connectivity index is 2.30. The minimum Gasteiger partial charge on any atom is -0.469 e. The van der Waals surface area contributed by atoms with Gasteiger partial charge in [-0.25, -0.2) is 0 Å². The van der Waals surface area contributed by atoms with E-state index in [4.69, 9.17) is 4.74 Å². The van der Waals surface area contributed by atoms with Crippen molar-refractivity contribution in [3.63, 3.8) is 0 Å². The maximum Gasteiger partial charge on any atom is 0.309 e. The Labute approximate surface area is 85.2 Å². The number of ether oxygens (including phenoxy) is 2. The molecule has 14 heavy (non-hydrogen) atoms. The zero-order chi connectivity index (χ0) is 10.4. The van der Waals surface area contributed by atoms with E-state index in [-0.39, 0.29) is 11.9 Å². The third-order valence-electron chi connectivity index (χ3n) is 2.45. The number of rotatable bonds is 3. The Morgan fingerprint density at radius 1 is 1.50 bits per heavy atom. The highest BCUT2D eigenvalue weighted by atomic mass is 16.5. The number of carbonyl (C=O) groups excluding carboxylic acids is 1. The fourth-order valence-corrected chi connectivity index (χ4v) is 1.64. The highest BCUT2D eigenvalue weighted by Crippen LogP contribution is 2.05. The lowest BCUT2D eigenvalue weighted by Crippen LogP contribution is -2.34. The molecule has 1 saturated heterocycles. The Hall–Kier alpha value is -0.610. The normalized spacial score (nSPS) is 21.3. The van der Waals surface area contributed by atoms with Gasteiger partial charge in [-0.3, -0.25) is 4.79 Å².